The summed E-state index contributed by atoms with van der Waals surface area (Å²) in [7, 11) is 0. The third-order valence-corrected chi connectivity index (χ3v) is 25.7. The van der Waals surface area contributed by atoms with Gasteiger partial charge in [0, 0.05) is 11.8 Å². The number of aliphatic hydroxyl groups excluding tert-OH is 6. The van der Waals surface area contributed by atoms with Crippen molar-refractivity contribution >= 4 is 5.78 Å². The highest BCUT2D eigenvalue weighted by Crippen LogP contribution is 2.70. The van der Waals surface area contributed by atoms with Crippen molar-refractivity contribution in [1.29, 1.82) is 10.5 Å². The number of rotatable bonds is 0. The molecule has 0 aromatic rings. The third kappa shape index (κ3) is 7.53. The second kappa shape index (κ2) is 17.8. The molecule has 0 amide bonds. The van der Waals surface area contributed by atoms with Crippen molar-refractivity contribution in [1.82, 2.24) is 0 Å². The Morgan fingerprint density at radius 3 is 1.15 bits per heavy atom. The molecule has 0 aromatic heterocycles. The maximum absolute atomic E-state index is 12.4. The van der Waals surface area contributed by atoms with Crippen molar-refractivity contribution in [2.75, 3.05) is 0 Å². The summed E-state index contributed by atoms with van der Waals surface area (Å²) in [5.74, 6) is 6.82. The van der Waals surface area contributed by atoms with Crippen molar-refractivity contribution < 1.29 is 35.4 Å². The molecular weight excluding hydrogens is 849 g/mol. The fourth-order valence-electron chi connectivity index (χ4n) is 22.3. The van der Waals surface area contributed by atoms with Gasteiger partial charge < -0.3 is 30.6 Å². The normalized spacial score (nSPS) is 58.4. The van der Waals surface area contributed by atoms with Gasteiger partial charge in [0.25, 0.3) is 0 Å². The molecule has 0 spiro atoms. The number of nitriles is 2. The number of nitrogens with zero attached hydrogens (tertiary/aromatic N) is 2. The van der Waals surface area contributed by atoms with E-state index in [4.69, 9.17) is 0 Å². The fourth-order valence-corrected chi connectivity index (χ4v) is 22.3. The number of carbonyl (C=O) groups excluding carboxylic acids is 1. The Morgan fingerprint density at radius 1 is 0.426 bits per heavy atom. The number of hydrogen-bond donors (Lipinski definition) is 6. The molecule has 12 rings (SSSR count). The molecule has 12 saturated carbocycles. The maximum Gasteiger partial charge on any atom is 0.139 e. The van der Waals surface area contributed by atoms with Crippen LogP contribution in [0.1, 0.15) is 196 Å². The predicted octanol–water partition coefficient (Wildman–Crippen LogP) is 9.93. The van der Waals surface area contributed by atoms with E-state index in [1.807, 2.05) is 0 Å². The van der Waals surface area contributed by atoms with E-state index >= 15 is 0 Å². The van der Waals surface area contributed by atoms with Gasteiger partial charge in [0.2, 0.25) is 0 Å². The second-order valence-corrected chi connectivity index (χ2v) is 28.2. The van der Waals surface area contributed by atoms with Crippen LogP contribution in [0.25, 0.3) is 0 Å². The number of carbonyl (C=O) groups is 1. The minimum absolute atomic E-state index is 0.0205. The number of fused-ring (bicyclic) bond motifs is 15. The lowest BCUT2D eigenvalue weighted by atomic mass is 9.44. The monoisotopic (exact) mass is 941 g/mol. The minimum Gasteiger partial charge on any atom is -0.393 e. The van der Waals surface area contributed by atoms with Crippen LogP contribution in [0.4, 0.5) is 0 Å². The first-order valence-corrected chi connectivity index (χ1v) is 28.6. The Hall–Kier alpha value is -1.59. The van der Waals surface area contributed by atoms with Gasteiger partial charge in [-0.2, -0.15) is 10.5 Å². The van der Waals surface area contributed by atoms with E-state index in [2.05, 4.69) is 53.7 Å². The molecule has 6 N–H and O–H groups in total. The predicted molar refractivity (Wildman–Crippen MR) is 261 cm³/mol. The van der Waals surface area contributed by atoms with Crippen LogP contribution in [0.15, 0.2) is 0 Å². The molecule has 0 aliphatic heterocycles. The Bertz CT molecular complexity index is 1890. The zero-order chi connectivity index (χ0) is 48.5. The molecule has 68 heavy (non-hydrogen) atoms. The lowest BCUT2D eigenvalue weighted by molar-refractivity contribution is -0.175. The van der Waals surface area contributed by atoms with Crippen LogP contribution in [0.3, 0.4) is 0 Å². The molecule has 0 aromatic carbocycles. The van der Waals surface area contributed by atoms with Crippen LogP contribution in [0, 0.1) is 138 Å². The molecule has 12 aliphatic rings. The van der Waals surface area contributed by atoms with Crippen molar-refractivity contribution in [2.45, 2.75) is 232 Å². The van der Waals surface area contributed by atoms with Gasteiger partial charge in [0.15, 0.2) is 0 Å². The van der Waals surface area contributed by atoms with Crippen LogP contribution >= 0.6 is 0 Å². The summed E-state index contributed by atoms with van der Waals surface area (Å²) >= 11 is 0. The molecule has 12 fully saturated rings. The van der Waals surface area contributed by atoms with E-state index in [1.165, 1.54) is 44.9 Å². The first-order chi connectivity index (χ1) is 32.2. The summed E-state index contributed by atoms with van der Waals surface area (Å²) in [6.45, 7) is 13.8. The molecule has 0 radical (unpaired) electrons. The average Bonchev–Trinajstić information content (AvgIpc) is 3.91. The largest absolute Gasteiger partial charge is 0.393 e. The zero-order valence-corrected chi connectivity index (χ0v) is 43.0. The first-order valence-electron chi connectivity index (χ1n) is 28.6. The second-order valence-electron chi connectivity index (χ2n) is 28.2. The Kier molecular flexibility index (Phi) is 13.1. The lowest BCUT2D eigenvalue weighted by Gasteiger charge is -2.62. The Balaban J connectivity index is 0.000000119. The van der Waals surface area contributed by atoms with Gasteiger partial charge >= 0.3 is 0 Å². The van der Waals surface area contributed by atoms with Gasteiger partial charge in [-0.25, -0.2) is 0 Å². The summed E-state index contributed by atoms with van der Waals surface area (Å²) in [6, 6.07) is 5.09. The van der Waals surface area contributed by atoms with E-state index in [0.717, 1.165) is 103 Å². The van der Waals surface area contributed by atoms with E-state index in [0.29, 0.717) is 83.2 Å². The van der Waals surface area contributed by atoms with E-state index in [1.54, 1.807) is 0 Å². The van der Waals surface area contributed by atoms with E-state index < -0.39 is 0 Å². The Morgan fingerprint density at radius 2 is 0.779 bits per heavy atom. The number of hydrogen-bond acceptors (Lipinski definition) is 9. The van der Waals surface area contributed by atoms with Gasteiger partial charge in [0.1, 0.15) is 5.78 Å². The number of ketones is 1. The summed E-state index contributed by atoms with van der Waals surface area (Å²) in [5.41, 5.74) is 0.313. The van der Waals surface area contributed by atoms with Crippen LogP contribution in [0.2, 0.25) is 0 Å². The van der Waals surface area contributed by atoms with Crippen molar-refractivity contribution in [3.8, 4) is 12.1 Å². The van der Waals surface area contributed by atoms with Crippen LogP contribution in [0.5, 0.6) is 0 Å². The topological polar surface area (TPSA) is 186 Å². The molecule has 0 saturated heterocycles. The highest BCUT2D eigenvalue weighted by Gasteiger charge is 2.66. The van der Waals surface area contributed by atoms with Gasteiger partial charge in [-0.05, 0) is 246 Å². The molecule has 12 aliphatic carbocycles. The summed E-state index contributed by atoms with van der Waals surface area (Å²) in [5, 5.41) is 82.6. The minimum atomic E-state index is -0.337. The Labute approximate surface area is 410 Å². The average molecular weight is 941 g/mol. The number of Topliss-reactive ketones (excluding diaryl/α,β-unsaturated/α-hetero) is 1. The van der Waals surface area contributed by atoms with Crippen LogP contribution < -0.4 is 0 Å². The fraction of sp³-hybridized carbons (Fsp3) is 0.949. The van der Waals surface area contributed by atoms with Crippen LogP contribution in [-0.2, 0) is 4.79 Å². The summed E-state index contributed by atoms with van der Waals surface area (Å²) in [6.07, 6.45) is 22.8. The SMILES string of the molecule is C[C@]12CC[C@@H](O)C[C@@H]1CC[C@@H]1[C@@H]2[C@@H](O)C[C@]2(C)C(=O)CC[C@@H]12.C[C@]12CC[C@@H](O)C[C@@H]1CC[C@@H]1[C@@H]2[C@@H](O)C[C@]2(C)[C@@H](C#N)CC[C@@H]12.C[C@]12CC[C@@H](O)C[C@@H]1CC[C@@H]1[C@@H]2[C@@H](O)C[C@]2(C)[C@H](C#N)CC[C@@H]12. The molecule has 9 nitrogen and oxygen atoms in total. The van der Waals surface area contributed by atoms with Gasteiger partial charge in [0.05, 0.1) is 60.6 Å². The first kappa shape index (κ1) is 50.0. The standard InChI is InChI=1S/2C20H31NO2.C19H30O3/c2*1-19-8-7-14(22)9-12(19)3-5-15-16-6-4-13(11-21)20(16,2)10-17(23)18(15)19;1-18-8-7-12(20)9-11(18)3-4-13-14-5-6-16(22)19(14,2)10-15(21)17(13)18/h2*12-18,22-23H,3-10H2,1-2H3;11-15,17,20-21H,3-10H2,1-2H3/t12-,13+,14+,15-,16-,17-,18+,19-,20+;12-,13-,14+,15-,16-,17-,18+,19-,20+;11-,12+,13-,14-,15-,17+,18-,19-/m000/s1. The summed E-state index contributed by atoms with van der Waals surface area (Å²) in [4.78, 5) is 12.4. The molecule has 380 valence electrons. The maximum atomic E-state index is 12.4. The van der Waals surface area contributed by atoms with Crippen LogP contribution in [-0.4, -0.2) is 73.0 Å². The smallest absolute Gasteiger partial charge is 0.139 e. The molecule has 26 atom stereocenters. The molecular formula is C59H92N2O7. The van der Waals surface area contributed by atoms with Crippen molar-refractivity contribution in [3.63, 3.8) is 0 Å². The molecule has 9 heteroatoms. The van der Waals surface area contributed by atoms with Crippen molar-refractivity contribution in [3.05, 3.63) is 0 Å². The van der Waals surface area contributed by atoms with Gasteiger partial charge in [-0.1, -0.05) is 41.5 Å². The third-order valence-electron chi connectivity index (χ3n) is 25.7. The van der Waals surface area contributed by atoms with E-state index in [-0.39, 0.29) is 80.9 Å². The molecule has 0 unspecified atom stereocenters. The lowest BCUT2D eigenvalue weighted by Crippen LogP contribution is -2.59. The quantitative estimate of drug-likeness (QED) is 0.138. The van der Waals surface area contributed by atoms with Crippen molar-refractivity contribution in [2.24, 2.45) is 115 Å². The van der Waals surface area contributed by atoms with Gasteiger partial charge in [-0.15, -0.1) is 0 Å². The zero-order valence-electron chi connectivity index (χ0n) is 43.0. The molecule has 0 bridgehead atoms. The molecule has 0 heterocycles. The highest BCUT2D eigenvalue weighted by atomic mass is 16.3. The number of aliphatic hydroxyl groups is 6. The highest BCUT2D eigenvalue weighted by molar-refractivity contribution is 5.87. The summed E-state index contributed by atoms with van der Waals surface area (Å²) < 4.78 is 0. The van der Waals surface area contributed by atoms with Gasteiger partial charge in [-0.3, -0.25) is 4.79 Å². The van der Waals surface area contributed by atoms with E-state index in [9.17, 15) is 46.0 Å².